The largest absolute Gasteiger partial charge is 0.494 e. The molecule has 7 heteroatoms. The van der Waals surface area contributed by atoms with Crippen LogP contribution in [0, 0.1) is 18.3 Å². The van der Waals surface area contributed by atoms with Crippen LogP contribution in [0.15, 0.2) is 48.5 Å². The van der Waals surface area contributed by atoms with Gasteiger partial charge in [-0.3, -0.25) is 4.90 Å². The molecule has 158 valence electrons. The van der Waals surface area contributed by atoms with Crippen molar-refractivity contribution in [3.05, 3.63) is 59.7 Å². The summed E-state index contributed by atoms with van der Waals surface area (Å²) in [6.45, 7) is 6.98. The Morgan fingerprint density at radius 3 is 2.65 bits per heavy atom. The van der Waals surface area contributed by atoms with Crippen molar-refractivity contribution in [1.82, 2.24) is 4.90 Å². The van der Waals surface area contributed by atoms with Gasteiger partial charge in [-0.15, -0.1) is 0 Å². The van der Waals surface area contributed by atoms with Gasteiger partial charge in [0.25, 0.3) is 5.82 Å². The minimum absolute atomic E-state index is 0.0969. The highest BCUT2D eigenvalue weighted by molar-refractivity contribution is 5.90. The van der Waals surface area contributed by atoms with E-state index in [1.165, 1.54) is 0 Å². The first-order valence-electron chi connectivity index (χ1n) is 10.5. The van der Waals surface area contributed by atoms with E-state index in [1.54, 1.807) is 0 Å². The number of aromatic nitrogens is 1. The second-order valence-corrected chi connectivity index (χ2v) is 7.54. The van der Waals surface area contributed by atoms with Crippen molar-refractivity contribution >= 4 is 28.4 Å². The van der Waals surface area contributed by atoms with Crippen molar-refractivity contribution in [2.45, 2.75) is 13.8 Å². The van der Waals surface area contributed by atoms with Crippen molar-refractivity contribution < 1.29 is 14.5 Å². The van der Waals surface area contributed by atoms with Crippen LogP contribution in [0.2, 0.25) is 0 Å². The number of nitriles is 1. The summed E-state index contributed by atoms with van der Waals surface area (Å²) in [5.74, 6) is 1.58. The summed E-state index contributed by atoms with van der Waals surface area (Å²) in [4.78, 5) is 20.0. The predicted octanol–water partition coefficient (Wildman–Crippen LogP) is 3.59. The maximum Gasteiger partial charge on any atom is 0.322 e. The molecule has 7 nitrogen and oxygen atoms in total. The van der Waals surface area contributed by atoms with Crippen molar-refractivity contribution in [2.24, 2.45) is 0 Å². The molecule has 1 fully saturated rings. The van der Waals surface area contributed by atoms with Crippen LogP contribution in [-0.4, -0.2) is 43.7 Å². The topological polar surface area (TPSA) is 82.7 Å². The fraction of sp³-hybridized carbons (Fsp3) is 0.292. The zero-order valence-electron chi connectivity index (χ0n) is 17.8. The monoisotopic (exact) mass is 416 g/mol. The van der Waals surface area contributed by atoms with Gasteiger partial charge in [-0.25, -0.2) is 9.78 Å². The number of rotatable bonds is 4. The van der Waals surface area contributed by atoms with Crippen LogP contribution in [0.5, 0.6) is 5.75 Å². The van der Waals surface area contributed by atoms with Gasteiger partial charge in [0.2, 0.25) is 0 Å². The number of H-pyrrole nitrogens is 1. The minimum atomic E-state index is -0.0969. The number of urea groups is 1. The summed E-state index contributed by atoms with van der Waals surface area (Å²) in [6, 6.07) is 17.7. The molecule has 3 aromatic rings. The summed E-state index contributed by atoms with van der Waals surface area (Å²) < 4.78 is 5.57. The first kappa shape index (κ1) is 20.5. The van der Waals surface area contributed by atoms with E-state index in [0.29, 0.717) is 38.3 Å². The number of carbonyl (C=O) groups excluding carboxylic acids is 1. The molecule has 2 aromatic carbocycles. The Morgan fingerprint density at radius 2 is 1.94 bits per heavy atom. The number of nitrogens with one attached hydrogen (secondary N) is 2. The third-order valence-corrected chi connectivity index (χ3v) is 5.53. The number of anilines is 2. The number of ether oxygens (including phenoxy) is 1. The van der Waals surface area contributed by atoms with Crippen molar-refractivity contribution in [3.63, 3.8) is 0 Å². The second-order valence-electron chi connectivity index (χ2n) is 7.54. The third-order valence-electron chi connectivity index (χ3n) is 5.53. The van der Waals surface area contributed by atoms with Gasteiger partial charge in [0.05, 0.1) is 19.7 Å². The number of fused-ring (bicyclic) bond motifs is 1. The molecule has 1 saturated heterocycles. The summed E-state index contributed by atoms with van der Waals surface area (Å²) >= 11 is 0. The molecule has 2 heterocycles. The van der Waals surface area contributed by atoms with E-state index in [1.807, 2.05) is 67.3 Å². The van der Waals surface area contributed by atoms with Gasteiger partial charge in [0.15, 0.2) is 0 Å². The third kappa shape index (κ3) is 4.38. The summed E-state index contributed by atoms with van der Waals surface area (Å²) in [7, 11) is 0. The average Bonchev–Trinajstić information content (AvgIpc) is 2.80. The van der Waals surface area contributed by atoms with Crippen LogP contribution in [0.4, 0.5) is 16.3 Å². The van der Waals surface area contributed by atoms with E-state index in [9.17, 15) is 10.1 Å². The lowest BCUT2D eigenvalue weighted by molar-refractivity contribution is -0.331. The van der Waals surface area contributed by atoms with E-state index in [0.717, 1.165) is 33.7 Å². The highest BCUT2D eigenvalue weighted by Gasteiger charge is 2.29. The quantitative estimate of drug-likeness (QED) is 0.705. The SMILES string of the molecule is CCOc1ccc2[nH+]c(N3CCN(C(=O)Nc4ccccc4C)CC3)c(C#N)cc2c1. The lowest BCUT2D eigenvalue weighted by Crippen LogP contribution is -2.51. The Balaban J connectivity index is 1.48. The van der Waals surface area contributed by atoms with E-state index < -0.39 is 0 Å². The number of aromatic amines is 1. The van der Waals surface area contributed by atoms with Gasteiger partial charge in [0, 0.05) is 11.1 Å². The number of piperazine rings is 1. The number of para-hydroxylation sites is 1. The van der Waals surface area contributed by atoms with Crippen LogP contribution in [0.1, 0.15) is 18.1 Å². The van der Waals surface area contributed by atoms with E-state index >= 15 is 0 Å². The van der Waals surface area contributed by atoms with Crippen LogP contribution < -0.4 is 19.9 Å². The molecule has 1 aromatic heterocycles. The van der Waals surface area contributed by atoms with Gasteiger partial charge >= 0.3 is 6.03 Å². The van der Waals surface area contributed by atoms with E-state index in [-0.39, 0.29) is 6.03 Å². The Hall–Kier alpha value is -3.79. The summed E-state index contributed by atoms with van der Waals surface area (Å²) in [5.41, 5.74) is 3.39. The number of benzene rings is 2. The second kappa shape index (κ2) is 8.92. The first-order chi connectivity index (χ1) is 15.1. The minimum Gasteiger partial charge on any atom is -0.494 e. The number of amides is 2. The maximum absolute atomic E-state index is 12.7. The van der Waals surface area contributed by atoms with Crippen molar-refractivity contribution in [1.29, 1.82) is 5.26 Å². The smallest absolute Gasteiger partial charge is 0.322 e. The van der Waals surface area contributed by atoms with Gasteiger partial charge < -0.3 is 15.0 Å². The molecule has 0 atom stereocenters. The van der Waals surface area contributed by atoms with Crippen LogP contribution >= 0.6 is 0 Å². The molecule has 0 aliphatic carbocycles. The van der Waals surface area contributed by atoms with Gasteiger partial charge in [-0.2, -0.15) is 5.26 Å². The maximum atomic E-state index is 12.7. The fourth-order valence-corrected chi connectivity index (χ4v) is 3.82. The molecule has 0 radical (unpaired) electrons. The van der Waals surface area contributed by atoms with Crippen molar-refractivity contribution in [2.75, 3.05) is 43.0 Å². The molecule has 4 rings (SSSR count). The lowest BCUT2D eigenvalue weighted by atomic mass is 10.1. The number of aryl methyl sites for hydroxylation is 1. The molecule has 0 bridgehead atoms. The van der Waals surface area contributed by atoms with Crippen LogP contribution in [0.3, 0.4) is 0 Å². The van der Waals surface area contributed by atoms with E-state index in [2.05, 4.69) is 21.3 Å². The lowest BCUT2D eigenvalue weighted by Gasteiger charge is -2.31. The van der Waals surface area contributed by atoms with Gasteiger partial charge in [-0.05, 0) is 49.7 Å². The Bertz CT molecular complexity index is 1150. The van der Waals surface area contributed by atoms with E-state index in [4.69, 9.17) is 4.74 Å². The first-order valence-corrected chi connectivity index (χ1v) is 10.5. The number of hydrogen-bond donors (Lipinski definition) is 1. The Morgan fingerprint density at radius 1 is 1.16 bits per heavy atom. The molecule has 0 spiro atoms. The zero-order valence-corrected chi connectivity index (χ0v) is 17.8. The average molecular weight is 417 g/mol. The van der Waals surface area contributed by atoms with Gasteiger partial charge in [0.1, 0.15) is 36.0 Å². The molecular weight excluding hydrogens is 390 g/mol. The fourth-order valence-electron chi connectivity index (χ4n) is 3.82. The predicted molar refractivity (Wildman–Crippen MR) is 120 cm³/mol. The number of pyridine rings is 1. The number of carbonyl (C=O) groups is 1. The standard InChI is InChI=1S/C24H25N5O2/c1-3-31-20-8-9-22-18(15-20)14-19(16-25)23(26-22)28-10-12-29(13-11-28)24(30)27-21-7-5-4-6-17(21)2/h4-9,14-15H,3,10-13H2,1-2H3,(H,27,30)/p+1. The molecule has 1 aliphatic heterocycles. The molecule has 31 heavy (non-hydrogen) atoms. The Kier molecular flexibility index (Phi) is 5.89. The highest BCUT2D eigenvalue weighted by Crippen LogP contribution is 2.24. The molecule has 2 amide bonds. The molecule has 1 aliphatic rings. The highest BCUT2D eigenvalue weighted by atomic mass is 16.5. The Labute approximate surface area is 181 Å². The van der Waals surface area contributed by atoms with Crippen LogP contribution in [-0.2, 0) is 0 Å². The number of hydrogen-bond acceptors (Lipinski definition) is 4. The van der Waals surface area contributed by atoms with Crippen LogP contribution in [0.25, 0.3) is 10.9 Å². The zero-order chi connectivity index (χ0) is 21.8. The molecular formula is C24H26N5O2+. The molecule has 0 unspecified atom stereocenters. The molecule has 0 saturated carbocycles. The normalized spacial score (nSPS) is 13.7. The van der Waals surface area contributed by atoms with Gasteiger partial charge in [-0.1, -0.05) is 18.2 Å². The summed E-state index contributed by atoms with van der Waals surface area (Å²) in [6.07, 6.45) is 0. The molecule has 2 N–H and O–H groups in total. The van der Waals surface area contributed by atoms with Crippen molar-refractivity contribution in [3.8, 4) is 11.8 Å². The number of nitrogens with zero attached hydrogens (tertiary/aromatic N) is 3. The summed E-state index contributed by atoms with van der Waals surface area (Å²) in [5, 5.41) is 13.6.